The van der Waals surface area contributed by atoms with Gasteiger partial charge in [0.25, 0.3) is 0 Å². The van der Waals surface area contributed by atoms with E-state index in [-0.39, 0.29) is 0 Å². The molecule has 0 aliphatic carbocycles. The highest BCUT2D eigenvalue weighted by molar-refractivity contribution is 5.88. The molecule has 21 heavy (non-hydrogen) atoms. The molecule has 0 fully saturated rings. The largest absolute Gasteiger partial charge is 0.461 e. The van der Waals surface area contributed by atoms with Crippen LogP contribution in [-0.2, 0) is 22.4 Å². The Morgan fingerprint density at radius 2 is 2.05 bits per heavy atom. The van der Waals surface area contributed by atoms with E-state index >= 15 is 0 Å². The standard InChI is InChI=1S/C15H27N3O3/c1-5-7-9-20-10-8-18-13(11-12(3)4)14(16-17-18)15(19)21-6-2/h12H,5-11H2,1-4H3. The van der Waals surface area contributed by atoms with Crippen molar-refractivity contribution in [1.82, 2.24) is 15.0 Å². The van der Waals surface area contributed by atoms with Crippen LogP contribution in [0.2, 0.25) is 0 Å². The molecule has 0 atom stereocenters. The molecule has 1 aromatic rings. The van der Waals surface area contributed by atoms with Crippen molar-refractivity contribution in [2.24, 2.45) is 5.92 Å². The lowest BCUT2D eigenvalue weighted by molar-refractivity contribution is 0.0517. The van der Waals surface area contributed by atoms with Gasteiger partial charge in [0.05, 0.1) is 25.5 Å². The molecule has 1 heterocycles. The first kappa shape index (κ1) is 17.6. The van der Waals surface area contributed by atoms with Gasteiger partial charge in [-0.15, -0.1) is 5.10 Å². The summed E-state index contributed by atoms with van der Waals surface area (Å²) in [5.74, 6) is 0.0164. The Morgan fingerprint density at radius 1 is 1.29 bits per heavy atom. The van der Waals surface area contributed by atoms with E-state index in [1.165, 1.54) is 0 Å². The lowest BCUT2D eigenvalue weighted by Crippen LogP contribution is -2.15. The number of ether oxygens (including phenoxy) is 2. The van der Waals surface area contributed by atoms with E-state index < -0.39 is 5.97 Å². The maximum atomic E-state index is 11.9. The Bertz CT molecular complexity index is 430. The second-order valence-corrected chi connectivity index (χ2v) is 5.39. The molecule has 0 aromatic carbocycles. The van der Waals surface area contributed by atoms with Gasteiger partial charge in [-0.3, -0.25) is 0 Å². The number of carbonyl (C=O) groups excluding carboxylic acids is 1. The van der Waals surface area contributed by atoms with Gasteiger partial charge in [0.1, 0.15) is 0 Å². The van der Waals surface area contributed by atoms with Gasteiger partial charge in [0.15, 0.2) is 5.69 Å². The first-order chi connectivity index (χ1) is 10.1. The molecule has 0 radical (unpaired) electrons. The lowest BCUT2D eigenvalue weighted by Gasteiger charge is -2.10. The summed E-state index contributed by atoms with van der Waals surface area (Å²) in [5.41, 5.74) is 1.17. The summed E-state index contributed by atoms with van der Waals surface area (Å²) in [5, 5.41) is 8.06. The topological polar surface area (TPSA) is 66.2 Å². The third-order valence-corrected chi connectivity index (χ3v) is 3.00. The third kappa shape index (κ3) is 5.83. The van der Waals surface area contributed by atoms with Gasteiger partial charge in [-0.25, -0.2) is 9.48 Å². The van der Waals surface area contributed by atoms with Crippen molar-refractivity contribution in [3.63, 3.8) is 0 Å². The molecule has 0 aliphatic heterocycles. The maximum Gasteiger partial charge on any atom is 0.360 e. The van der Waals surface area contributed by atoms with E-state index in [1.54, 1.807) is 11.6 Å². The molecule has 0 spiro atoms. The minimum Gasteiger partial charge on any atom is -0.461 e. The number of hydrogen-bond acceptors (Lipinski definition) is 5. The van der Waals surface area contributed by atoms with Crippen molar-refractivity contribution in [3.8, 4) is 0 Å². The Hall–Kier alpha value is -1.43. The van der Waals surface area contributed by atoms with Crippen LogP contribution in [0.3, 0.4) is 0 Å². The average Bonchev–Trinajstić information content (AvgIpc) is 2.81. The molecule has 0 saturated heterocycles. The number of esters is 1. The minimum atomic E-state index is -0.397. The van der Waals surface area contributed by atoms with E-state index in [9.17, 15) is 4.79 Å². The van der Waals surface area contributed by atoms with Crippen LogP contribution in [0.4, 0.5) is 0 Å². The highest BCUT2D eigenvalue weighted by atomic mass is 16.5. The van der Waals surface area contributed by atoms with Crippen molar-refractivity contribution in [2.45, 2.75) is 53.5 Å². The van der Waals surface area contributed by atoms with Crippen LogP contribution in [0.5, 0.6) is 0 Å². The second-order valence-electron chi connectivity index (χ2n) is 5.39. The summed E-state index contributed by atoms with van der Waals surface area (Å²) in [4.78, 5) is 11.9. The molecule has 1 rings (SSSR count). The summed E-state index contributed by atoms with van der Waals surface area (Å²) in [6.45, 7) is 10.4. The zero-order valence-electron chi connectivity index (χ0n) is 13.6. The highest BCUT2D eigenvalue weighted by Crippen LogP contribution is 2.13. The quantitative estimate of drug-likeness (QED) is 0.490. The van der Waals surface area contributed by atoms with Gasteiger partial charge in [0.2, 0.25) is 0 Å². The van der Waals surface area contributed by atoms with Gasteiger partial charge >= 0.3 is 5.97 Å². The fourth-order valence-electron chi connectivity index (χ4n) is 1.96. The molecule has 0 aliphatic rings. The van der Waals surface area contributed by atoms with Gasteiger partial charge in [-0.1, -0.05) is 32.4 Å². The number of unbranched alkanes of at least 4 members (excludes halogenated alkanes) is 1. The van der Waals surface area contributed by atoms with Crippen molar-refractivity contribution in [2.75, 3.05) is 19.8 Å². The Kier molecular flexibility index (Phi) is 7.97. The van der Waals surface area contributed by atoms with Gasteiger partial charge < -0.3 is 9.47 Å². The summed E-state index contributed by atoms with van der Waals surface area (Å²) in [6.07, 6.45) is 2.93. The first-order valence-electron chi connectivity index (χ1n) is 7.77. The Labute approximate surface area is 126 Å². The van der Waals surface area contributed by atoms with Gasteiger partial charge in [-0.05, 0) is 25.7 Å². The smallest absolute Gasteiger partial charge is 0.360 e. The summed E-state index contributed by atoms with van der Waals surface area (Å²) in [6, 6.07) is 0. The lowest BCUT2D eigenvalue weighted by atomic mass is 10.1. The molecule has 0 bridgehead atoms. The van der Waals surface area contributed by atoms with Crippen molar-refractivity contribution in [1.29, 1.82) is 0 Å². The maximum absolute atomic E-state index is 11.9. The molecular formula is C15H27N3O3. The molecule has 6 heteroatoms. The highest BCUT2D eigenvalue weighted by Gasteiger charge is 2.21. The SMILES string of the molecule is CCCCOCCn1nnc(C(=O)OCC)c1CC(C)C. The second kappa shape index (κ2) is 9.50. The van der Waals surface area contributed by atoms with E-state index in [0.29, 0.717) is 31.4 Å². The molecular weight excluding hydrogens is 270 g/mol. The van der Waals surface area contributed by atoms with Crippen LogP contribution in [-0.4, -0.2) is 40.8 Å². The predicted octanol–water partition coefficient (Wildman–Crippen LogP) is 2.47. The van der Waals surface area contributed by atoms with Crippen LogP contribution in [0.1, 0.15) is 56.7 Å². The number of nitrogens with zero attached hydrogens (tertiary/aromatic N) is 3. The zero-order chi connectivity index (χ0) is 15.7. The van der Waals surface area contributed by atoms with Crippen molar-refractivity contribution in [3.05, 3.63) is 11.4 Å². The third-order valence-electron chi connectivity index (χ3n) is 3.00. The van der Waals surface area contributed by atoms with Crippen LogP contribution >= 0.6 is 0 Å². The molecule has 1 aromatic heterocycles. The molecule has 0 amide bonds. The van der Waals surface area contributed by atoms with Crippen molar-refractivity contribution >= 4 is 5.97 Å². The monoisotopic (exact) mass is 297 g/mol. The number of hydrogen-bond donors (Lipinski definition) is 0. The molecule has 6 nitrogen and oxygen atoms in total. The van der Waals surface area contributed by atoms with E-state index in [4.69, 9.17) is 9.47 Å². The van der Waals surface area contributed by atoms with Crippen molar-refractivity contribution < 1.29 is 14.3 Å². The van der Waals surface area contributed by atoms with Crippen LogP contribution in [0.15, 0.2) is 0 Å². The molecule has 0 unspecified atom stereocenters. The molecule has 0 saturated carbocycles. The van der Waals surface area contributed by atoms with Gasteiger partial charge in [-0.2, -0.15) is 0 Å². The summed E-state index contributed by atoms with van der Waals surface area (Å²) < 4.78 is 12.3. The Morgan fingerprint density at radius 3 is 2.67 bits per heavy atom. The average molecular weight is 297 g/mol. The fourth-order valence-corrected chi connectivity index (χ4v) is 1.96. The predicted molar refractivity (Wildman–Crippen MR) is 80.2 cm³/mol. The van der Waals surface area contributed by atoms with Crippen LogP contribution < -0.4 is 0 Å². The summed E-state index contributed by atoms with van der Waals surface area (Å²) >= 11 is 0. The molecule has 120 valence electrons. The number of rotatable bonds is 10. The van der Waals surface area contributed by atoms with Crippen LogP contribution in [0, 0.1) is 5.92 Å². The first-order valence-corrected chi connectivity index (χ1v) is 7.77. The van der Waals surface area contributed by atoms with Crippen LogP contribution in [0.25, 0.3) is 0 Å². The number of aromatic nitrogens is 3. The molecule has 0 N–H and O–H groups in total. The van der Waals surface area contributed by atoms with Gasteiger partial charge in [0, 0.05) is 6.61 Å². The summed E-state index contributed by atoms with van der Waals surface area (Å²) in [7, 11) is 0. The normalized spacial score (nSPS) is 11.1. The van der Waals surface area contributed by atoms with E-state index in [2.05, 4.69) is 31.1 Å². The Balaban J connectivity index is 2.71. The zero-order valence-corrected chi connectivity index (χ0v) is 13.6. The fraction of sp³-hybridized carbons (Fsp3) is 0.800. The van der Waals surface area contributed by atoms with E-state index in [0.717, 1.165) is 31.6 Å². The van der Waals surface area contributed by atoms with E-state index in [1.807, 2.05) is 0 Å². The minimum absolute atomic E-state index is 0.333. The number of carbonyl (C=O) groups is 1.